The van der Waals surface area contributed by atoms with E-state index in [-0.39, 0.29) is 5.97 Å². The van der Waals surface area contributed by atoms with Crippen LogP contribution in [0.1, 0.15) is 60.5 Å². The van der Waals surface area contributed by atoms with E-state index in [1.54, 1.807) is 6.07 Å². The third kappa shape index (κ3) is 2.21. The second-order valence-electron chi connectivity index (χ2n) is 4.46. The first kappa shape index (κ1) is 11.0. The van der Waals surface area contributed by atoms with E-state index in [0.717, 1.165) is 24.4 Å². The maximum absolute atomic E-state index is 11.5. The van der Waals surface area contributed by atoms with Gasteiger partial charge in [-0.2, -0.15) is 0 Å². The molecule has 1 saturated carbocycles. The molecule has 1 aromatic heterocycles. The summed E-state index contributed by atoms with van der Waals surface area (Å²) in [6.45, 7) is 4.11. The molecule has 0 N–H and O–H groups in total. The zero-order valence-corrected chi connectivity index (χ0v) is 9.86. The van der Waals surface area contributed by atoms with Crippen molar-refractivity contribution in [2.75, 3.05) is 7.11 Å². The highest BCUT2D eigenvalue weighted by Crippen LogP contribution is 2.38. The van der Waals surface area contributed by atoms with Gasteiger partial charge < -0.3 is 4.74 Å². The number of methoxy groups -OCH3 is 1. The Morgan fingerprint density at radius 1 is 1.44 bits per heavy atom. The summed E-state index contributed by atoms with van der Waals surface area (Å²) in [5, 5.41) is 0. The fourth-order valence-electron chi connectivity index (χ4n) is 1.51. The molecule has 0 aliphatic heterocycles. The van der Waals surface area contributed by atoms with Crippen molar-refractivity contribution >= 4 is 5.97 Å². The molecule has 0 spiro atoms. The molecule has 2 rings (SSSR count). The number of rotatable bonds is 3. The molecule has 0 unspecified atom stereocenters. The fraction of sp³-hybridized carbons (Fsp3) is 0.583. The molecule has 1 fully saturated rings. The van der Waals surface area contributed by atoms with Crippen LogP contribution in [0.4, 0.5) is 0 Å². The quantitative estimate of drug-likeness (QED) is 0.733. The van der Waals surface area contributed by atoms with Gasteiger partial charge in [0.2, 0.25) is 0 Å². The average molecular weight is 220 g/mol. The lowest BCUT2D eigenvalue weighted by Gasteiger charge is -2.08. The number of esters is 1. The van der Waals surface area contributed by atoms with Crippen molar-refractivity contribution in [1.82, 2.24) is 9.97 Å². The van der Waals surface area contributed by atoms with E-state index in [0.29, 0.717) is 17.5 Å². The Morgan fingerprint density at radius 3 is 2.62 bits per heavy atom. The molecule has 1 aliphatic carbocycles. The van der Waals surface area contributed by atoms with Gasteiger partial charge in [-0.25, -0.2) is 14.8 Å². The topological polar surface area (TPSA) is 52.1 Å². The van der Waals surface area contributed by atoms with Crippen LogP contribution in [0, 0.1) is 0 Å². The number of aromatic nitrogens is 2. The molecule has 0 radical (unpaired) electrons. The summed E-state index contributed by atoms with van der Waals surface area (Å²) in [6, 6.07) is 1.72. The van der Waals surface area contributed by atoms with Gasteiger partial charge in [0.1, 0.15) is 5.82 Å². The number of carbonyl (C=O) groups is 1. The lowest BCUT2D eigenvalue weighted by atomic mass is 10.1. The van der Waals surface area contributed by atoms with Crippen molar-refractivity contribution in [3.05, 3.63) is 23.3 Å². The maximum Gasteiger partial charge on any atom is 0.356 e. The van der Waals surface area contributed by atoms with Crippen molar-refractivity contribution in [2.24, 2.45) is 0 Å². The van der Waals surface area contributed by atoms with Gasteiger partial charge in [0.15, 0.2) is 5.69 Å². The Kier molecular flexibility index (Phi) is 2.90. The molecule has 16 heavy (non-hydrogen) atoms. The zero-order chi connectivity index (χ0) is 11.7. The summed E-state index contributed by atoms with van der Waals surface area (Å²) >= 11 is 0. The molecule has 4 nitrogen and oxygen atoms in total. The SMILES string of the molecule is COC(=O)c1cc(C(C)C)nc(C2CC2)n1. The summed E-state index contributed by atoms with van der Waals surface area (Å²) in [5.41, 5.74) is 1.29. The predicted octanol–water partition coefficient (Wildman–Crippen LogP) is 2.26. The highest BCUT2D eigenvalue weighted by atomic mass is 16.5. The van der Waals surface area contributed by atoms with Crippen LogP contribution in [0.25, 0.3) is 0 Å². The van der Waals surface area contributed by atoms with Crippen molar-refractivity contribution in [1.29, 1.82) is 0 Å². The Morgan fingerprint density at radius 2 is 2.12 bits per heavy atom. The van der Waals surface area contributed by atoms with Crippen LogP contribution in [0.3, 0.4) is 0 Å². The number of hydrogen-bond donors (Lipinski definition) is 0. The number of hydrogen-bond acceptors (Lipinski definition) is 4. The van der Waals surface area contributed by atoms with Gasteiger partial charge in [-0.3, -0.25) is 0 Å². The molecule has 0 atom stereocenters. The van der Waals surface area contributed by atoms with Crippen molar-refractivity contribution in [3.8, 4) is 0 Å². The van der Waals surface area contributed by atoms with Gasteiger partial charge in [0.05, 0.1) is 7.11 Å². The van der Waals surface area contributed by atoms with Crippen LogP contribution in [-0.2, 0) is 4.74 Å². The summed E-state index contributed by atoms with van der Waals surface area (Å²) in [4.78, 5) is 20.2. The van der Waals surface area contributed by atoms with Crippen LogP contribution in [0.2, 0.25) is 0 Å². The highest BCUT2D eigenvalue weighted by molar-refractivity contribution is 5.87. The van der Waals surface area contributed by atoms with E-state index < -0.39 is 0 Å². The van der Waals surface area contributed by atoms with Crippen LogP contribution in [-0.4, -0.2) is 23.0 Å². The van der Waals surface area contributed by atoms with Crippen molar-refractivity contribution in [2.45, 2.75) is 38.5 Å². The summed E-state index contributed by atoms with van der Waals surface area (Å²) in [5.74, 6) is 1.16. The minimum atomic E-state index is -0.383. The van der Waals surface area contributed by atoms with E-state index in [1.165, 1.54) is 7.11 Å². The molecule has 0 bridgehead atoms. The molecule has 1 aliphatic rings. The van der Waals surface area contributed by atoms with Gasteiger partial charge >= 0.3 is 5.97 Å². The third-order valence-electron chi connectivity index (χ3n) is 2.69. The molecule has 0 saturated heterocycles. The minimum absolute atomic E-state index is 0.295. The number of carbonyl (C=O) groups excluding carboxylic acids is 1. The molecule has 0 aromatic carbocycles. The molecule has 1 heterocycles. The Hall–Kier alpha value is -1.45. The summed E-state index contributed by atoms with van der Waals surface area (Å²) in [6.07, 6.45) is 2.25. The van der Waals surface area contributed by atoms with Crippen molar-refractivity contribution < 1.29 is 9.53 Å². The van der Waals surface area contributed by atoms with Gasteiger partial charge in [-0.15, -0.1) is 0 Å². The molecule has 1 aromatic rings. The van der Waals surface area contributed by atoms with Gasteiger partial charge in [-0.05, 0) is 24.8 Å². The average Bonchev–Trinajstić information content (AvgIpc) is 3.11. The second-order valence-corrected chi connectivity index (χ2v) is 4.46. The normalized spacial score (nSPS) is 15.2. The Bertz CT molecular complexity index is 391. The van der Waals surface area contributed by atoms with E-state index >= 15 is 0 Å². The molecular weight excluding hydrogens is 204 g/mol. The van der Waals surface area contributed by atoms with Crippen LogP contribution < -0.4 is 0 Å². The number of nitrogens with zero attached hydrogens (tertiary/aromatic N) is 2. The monoisotopic (exact) mass is 220 g/mol. The first-order valence-corrected chi connectivity index (χ1v) is 5.59. The van der Waals surface area contributed by atoms with Crippen molar-refractivity contribution in [3.63, 3.8) is 0 Å². The van der Waals surface area contributed by atoms with Gasteiger partial charge in [-0.1, -0.05) is 13.8 Å². The molecule has 0 amide bonds. The third-order valence-corrected chi connectivity index (χ3v) is 2.69. The van der Waals surface area contributed by atoms with Gasteiger partial charge in [0, 0.05) is 11.6 Å². The van der Waals surface area contributed by atoms with E-state index in [4.69, 9.17) is 4.74 Å². The van der Waals surface area contributed by atoms with Gasteiger partial charge in [0.25, 0.3) is 0 Å². The zero-order valence-electron chi connectivity index (χ0n) is 9.86. The number of ether oxygens (including phenoxy) is 1. The Balaban J connectivity index is 2.40. The Labute approximate surface area is 95.1 Å². The minimum Gasteiger partial charge on any atom is -0.464 e. The van der Waals surface area contributed by atoms with E-state index in [1.807, 2.05) is 0 Å². The molecular formula is C12H16N2O2. The standard InChI is InChI=1S/C12H16N2O2/c1-7(2)9-6-10(12(15)16-3)14-11(13-9)8-4-5-8/h6-8H,4-5H2,1-3H3. The second kappa shape index (κ2) is 4.20. The molecule has 4 heteroatoms. The molecule has 86 valence electrons. The first-order chi connectivity index (χ1) is 7.61. The smallest absolute Gasteiger partial charge is 0.356 e. The fourth-order valence-corrected chi connectivity index (χ4v) is 1.51. The van der Waals surface area contributed by atoms with E-state index in [9.17, 15) is 4.79 Å². The largest absolute Gasteiger partial charge is 0.464 e. The van der Waals surface area contributed by atoms with Crippen LogP contribution in [0.15, 0.2) is 6.07 Å². The predicted molar refractivity (Wildman–Crippen MR) is 59.4 cm³/mol. The lowest BCUT2D eigenvalue weighted by Crippen LogP contribution is -2.10. The lowest BCUT2D eigenvalue weighted by molar-refractivity contribution is 0.0593. The van der Waals surface area contributed by atoms with Crippen LogP contribution in [0.5, 0.6) is 0 Å². The highest BCUT2D eigenvalue weighted by Gasteiger charge is 2.28. The van der Waals surface area contributed by atoms with Crippen LogP contribution >= 0.6 is 0 Å². The first-order valence-electron chi connectivity index (χ1n) is 5.59. The summed E-state index contributed by atoms with van der Waals surface area (Å²) in [7, 11) is 1.37. The summed E-state index contributed by atoms with van der Waals surface area (Å²) < 4.78 is 4.70. The van der Waals surface area contributed by atoms with E-state index in [2.05, 4.69) is 23.8 Å². The maximum atomic E-state index is 11.5.